The van der Waals surface area contributed by atoms with E-state index in [0.717, 1.165) is 36.5 Å². The molecule has 2 aromatic carbocycles. The van der Waals surface area contributed by atoms with Crippen molar-refractivity contribution in [3.05, 3.63) is 70.3 Å². The molecule has 1 aliphatic heterocycles. The number of benzene rings is 2. The van der Waals surface area contributed by atoms with Gasteiger partial charge < -0.3 is 9.72 Å². The van der Waals surface area contributed by atoms with Crippen molar-refractivity contribution in [2.24, 2.45) is 0 Å². The molecular formula is C20H21N3O2. The molecule has 0 amide bonds. The monoisotopic (exact) mass is 335 g/mol. The molecule has 0 aliphatic carbocycles. The molecule has 1 aromatic heterocycles. The number of fused-ring (bicyclic) bond motifs is 1. The van der Waals surface area contributed by atoms with Crippen LogP contribution in [0.25, 0.3) is 10.9 Å². The number of aromatic amines is 1. The number of H-pyrrole nitrogens is 1. The van der Waals surface area contributed by atoms with E-state index in [4.69, 9.17) is 4.74 Å². The summed E-state index contributed by atoms with van der Waals surface area (Å²) in [4.78, 5) is 22.2. The van der Waals surface area contributed by atoms with E-state index in [1.807, 2.05) is 30.3 Å². The van der Waals surface area contributed by atoms with E-state index >= 15 is 0 Å². The zero-order valence-electron chi connectivity index (χ0n) is 14.2. The molecule has 4 rings (SSSR count). The molecule has 5 nitrogen and oxygen atoms in total. The smallest absolute Gasteiger partial charge is 0.258 e. The van der Waals surface area contributed by atoms with Gasteiger partial charge in [-0.2, -0.15) is 0 Å². The molecule has 1 fully saturated rings. The first-order chi connectivity index (χ1) is 12.2. The second-order valence-corrected chi connectivity index (χ2v) is 6.43. The summed E-state index contributed by atoms with van der Waals surface area (Å²) in [6, 6.07) is 16.0. The van der Waals surface area contributed by atoms with Gasteiger partial charge in [-0.3, -0.25) is 9.69 Å². The SMILES string of the molecule is COc1cccc(C2CCCN2Cc2nc3ccccc3c(=O)[nH]2)c1. The highest BCUT2D eigenvalue weighted by Gasteiger charge is 2.27. The van der Waals surface area contributed by atoms with Crippen LogP contribution in [0.2, 0.25) is 0 Å². The highest BCUT2D eigenvalue weighted by molar-refractivity contribution is 5.77. The fourth-order valence-electron chi connectivity index (χ4n) is 3.64. The van der Waals surface area contributed by atoms with Crippen LogP contribution < -0.4 is 10.3 Å². The van der Waals surface area contributed by atoms with Crippen molar-refractivity contribution in [3.63, 3.8) is 0 Å². The van der Waals surface area contributed by atoms with Crippen molar-refractivity contribution in [2.75, 3.05) is 13.7 Å². The first-order valence-corrected chi connectivity index (χ1v) is 8.60. The second-order valence-electron chi connectivity index (χ2n) is 6.43. The maximum Gasteiger partial charge on any atom is 0.258 e. The molecule has 0 radical (unpaired) electrons. The summed E-state index contributed by atoms with van der Waals surface area (Å²) >= 11 is 0. The van der Waals surface area contributed by atoms with Gasteiger partial charge in [0.25, 0.3) is 5.56 Å². The van der Waals surface area contributed by atoms with E-state index in [1.165, 1.54) is 5.56 Å². The standard InChI is InChI=1S/C20H21N3O2/c1-25-15-7-4-6-14(12-15)18-10-5-11-23(18)13-19-21-17-9-3-2-8-16(17)20(24)22-19/h2-4,6-9,12,18H,5,10-11,13H2,1H3,(H,21,22,24). The van der Waals surface area contributed by atoms with Crippen LogP contribution in [0.5, 0.6) is 5.75 Å². The molecule has 3 aromatic rings. The van der Waals surface area contributed by atoms with E-state index in [1.54, 1.807) is 13.2 Å². The summed E-state index contributed by atoms with van der Waals surface area (Å²) in [6.07, 6.45) is 2.24. The van der Waals surface area contributed by atoms with Crippen LogP contribution in [0, 0.1) is 0 Å². The number of rotatable bonds is 4. The maximum atomic E-state index is 12.3. The minimum atomic E-state index is -0.0715. The lowest BCUT2D eigenvalue weighted by Crippen LogP contribution is -2.25. The Hall–Kier alpha value is -2.66. The Morgan fingerprint density at radius 3 is 3.00 bits per heavy atom. The van der Waals surface area contributed by atoms with Gasteiger partial charge in [0, 0.05) is 6.04 Å². The molecule has 128 valence electrons. The molecular weight excluding hydrogens is 314 g/mol. The lowest BCUT2D eigenvalue weighted by molar-refractivity contribution is 0.242. The summed E-state index contributed by atoms with van der Waals surface area (Å²) in [7, 11) is 1.69. The van der Waals surface area contributed by atoms with Crippen LogP contribution >= 0.6 is 0 Å². The number of nitrogens with zero attached hydrogens (tertiary/aromatic N) is 2. The molecule has 25 heavy (non-hydrogen) atoms. The average molecular weight is 335 g/mol. The molecule has 5 heteroatoms. The Balaban J connectivity index is 1.62. The second kappa shape index (κ2) is 6.69. The van der Waals surface area contributed by atoms with Crippen LogP contribution in [0.15, 0.2) is 53.3 Å². The van der Waals surface area contributed by atoms with E-state index in [9.17, 15) is 4.79 Å². The molecule has 1 aliphatic rings. The molecule has 2 heterocycles. The fourth-order valence-corrected chi connectivity index (χ4v) is 3.64. The van der Waals surface area contributed by atoms with Gasteiger partial charge in [-0.1, -0.05) is 24.3 Å². The summed E-state index contributed by atoms with van der Waals surface area (Å²) in [5.74, 6) is 1.60. The number of aromatic nitrogens is 2. The average Bonchev–Trinajstić information content (AvgIpc) is 3.10. The normalized spacial score (nSPS) is 17.9. The van der Waals surface area contributed by atoms with Crippen molar-refractivity contribution in [2.45, 2.75) is 25.4 Å². The van der Waals surface area contributed by atoms with Crippen molar-refractivity contribution in [1.82, 2.24) is 14.9 Å². The van der Waals surface area contributed by atoms with Crippen molar-refractivity contribution in [3.8, 4) is 5.75 Å². The van der Waals surface area contributed by atoms with Crippen LogP contribution in [-0.2, 0) is 6.54 Å². The minimum absolute atomic E-state index is 0.0715. The Labute approximate surface area is 146 Å². The number of nitrogens with one attached hydrogen (secondary N) is 1. The first kappa shape index (κ1) is 15.8. The van der Waals surface area contributed by atoms with Gasteiger partial charge in [-0.25, -0.2) is 4.98 Å². The summed E-state index contributed by atoms with van der Waals surface area (Å²) < 4.78 is 5.35. The fraction of sp³-hybridized carbons (Fsp3) is 0.300. The number of hydrogen-bond donors (Lipinski definition) is 1. The summed E-state index contributed by atoms with van der Waals surface area (Å²) in [5, 5.41) is 0.636. The molecule has 0 bridgehead atoms. The van der Waals surface area contributed by atoms with Crippen LogP contribution in [0.4, 0.5) is 0 Å². The Kier molecular flexibility index (Phi) is 4.24. The van der Waals surface area contributed by atoms with Gasteiger partial charge in [-0.15, -0.1) is 0 Å². The third-order valence-electron chi connectivity index (χ3n) is 4.86. The van der Waals surface area contributed by atoms with E-state index in [0.29, 0.717) is 18.0 Å². The number of methoxy groups -OCH3 is 1. The lowest BCUT2D eigenvalue weighted by atomic mass is 10.0. The first-order valence-electron chi connectivity index (χ1n) is 8.60. The van der Waals surface area contributed by atoms with Gasteiger partial charge in [0.15, 0.2) is 0 Å². The van der Waals surface area contributed by atoms with Crippen LogP contribution in [0.3, 0.4) is 0 Å². The summed E-state index contributed by atoms with van der Waals surface area (Å²) in [6.45, 7) is 1.64. The van der Waals surface area contributed by atoms with Crippen LogP contribution in [0.1, 0.15) is 30.3 Å². The summed E-state index contributed by atoms with van der Waals surface area (Å²) in [5.41, 5.74) is 1.93. The molecule has 1 unspecified atom stereocenters. The van der Waals surface area contributed by atoms with Gasteiger partial charge in [0.1, 0.15) is 11.6 Å². The minimum Gasteiger partial charge on any atom is -0.497 e. The largest absolute Gasteiger partial charge is 0.497 e. The zero-order chi connectivity index (χ0) is 17.2. The molecule has 0 saturated carbocycles. The number of likely N-dealkylation sites (tertiary alicyclic amines) is 1. The predicted octanol–water partition coefficient (Wildman–Crippen LogP) is 3.27. The maximum absolute atomic E-state index is 12.3. The topological polar surface area (TPSA) is 58.2 Å². The van der Waals surface area contributed by atoms with Gasteiger partial charge in [-0.05, 0) is 49.2 Å². The third kappa shape index (κ3) is 3.15. The van der Waals surface area contributed by atoms with Crippen LogP contribution in [-0.4, -0.2) is 28.5 Å². The molecule has 1 N–H and O–H groups in total. The van der Waals surface area contributed by atoms with Crippen molar-refractivity contribution in [1.29, 1.82) is 0 Å². The van der Waals surface area contributed by atoms with Gasteiger partial charge in [0.2, 0.25) is 0 Å². The molecule has 1 saturated heterocycles. The Morgan fingerprint density at radius 1 is 1.24 bits per heavy atom. The highest BCUT2D eigenvalue weighted by Crippen LogP contribution is 2.34. The number of ether oxygens (including phenoxy) is 1. The van der Waals surface area contributed by atoms with E-state index in [-0.39, 0.29) is 5.56 Å². The predicted molar refractivity (Wildman–Crippen MR) is 97.7 cm³/mol. The number of para-hydroxylation sites is 1. The zero-order valence-corrected chi connectivity index (χ0v) is 14.2. The Morgan fingerprint density at radius 2 is 2.12 bits per heavy atom. The van der Waals surface area contributed by atoms with Crippen molar-refractivity contribution < 1.29 is 4.74 Å². The quantitative estimate of drug-likeness (QED) is 0.795. The molecule has 0 spiro atoms. The van der Waals surface area contributed by atoms with E-state index < -0.39 is 0 Å². The Bertz CT molecular complexity index is 951. The number of hydrogen-bond acceptors (Lipinski definition) is 4. The molecule has 1 atom stereocenters. The lowest BCUT2D eigenvalue weighted by Gasteiger charge is -2.24. The highest BCUT2D eigenvalue weighted by atomic mass is 16.5. The van der Waals surface area contributed by atoms with Gasteiger partial charge in [0.05, 0.1) is 24.6 Å². The third-order valence-corrected chi connectivity index (χ3v) is 4.86. The van der Waals surface area contributed by atoms with Crippen molar-refractivity contribution >= 4 is 10.9 Å². The van der Waals surface area contributed by atoms with Gasteiger partial charge >= 0.3 is 0 Å². The van der Waals surface area contributed by atoms with E-state index in [2.05, 4.69) is 27.0 Å².